The van der Waals surface area contributed by atoms with Gasteiger partial charge in [-0.25, -0.2) is 4.79 Å². The van der Waals surface area contributed by atoms with Gasteiger partial charge >= 0.3 is 11.5 Å². The minimum Gasteiger partial charge on any atom is -0.465 e. The molecule has 0 aliphatic heterocycles. The van der Waals surface area contributed by atoms with Gasteiger partial charge in [-0.05, 0) is 30.0 Å². The minimum absolute atomic E-state index is 0.0803. The Balaban J connectivity index is 2.46. The van der Waals surface area contributed by atoms with Gasteiger partial charge in [-0.3, -0.25) is 0 Å². The van der Waals surface area contributed by atoms with Crippen molar-refractivity contribution < 1.29 is 27.1 Å². The summed E-state index contributed by atoms with van der Waals surface area (Å²) in [6.45, 7) is 0. The number of halogens is 3. The third-order valence-corrected chi connectivity index (χ3v) is 2.95. The second-order valence-corrected chi connectivity index (χ2v) is 4.46. The first-order chi connectivity index (χ1) is 8.40. The zero-order valence-electron chi connectivity index (χ0n) is 9.08. The number of benzene rings is 1. The molecule has 0 aliphatic rings. The molecule has 0 saturated heterocycles. The molecular formula is C11H7F3O3S. The third kappa shape index (κ3) is 2.61. The standard InChI is InChI=1S/C11H7F3O3S/c1-16-10(15)6-2-3-8-7(4-6)9(5-17-8)18-11(12,13)14/h2-5H,1H3. The van der Waals surface area contributed by atoms with E-state index < -0.39 is 11.5 Å². The normalized spacial score (nSPS) is 11.8. The van der Waals surface area contributed by atoms with E-state index in [0.717, 1.165) is 6.26 Å². The first kappa shape index (κ1) is 12.8. The lowest BCUT2D eigenvalue weighted by Crippen LogP contribution is -2.01. The van der Waals surface area contributed by atoms with Gasteiger partial charge < -0.3 is 9.15 Å². The van der Waals surface area contributed by atoms with Gasteiger partial charge in [0.2, 0.25) is 0 Å². The van der Waals surface area contributed by atoms with Crippen LogP contribution in [0, 0.1) is 0 Å². The molecule has 1 aromatic carbocycles. The molecule has 1 aromatic heterocycles. The number of furan rings is 1. The predicted molar refractivity (Wildman–Crippen MR) is 59.5 cm³/mol. The summed E-state index contributed by atoms with van der Waals surface area (Å²) in [5, 5.41) is 0.236. The molecule has 96 valence electrons. The van der Waals surface area contributed by atoms with Crippen LogP contribution in [0.25, 0.3) is 11.0 Å². The largest absolute Gasteiger partial charge is 0.465 e. The van der Waals surface area contributed by atoms with Gasteiger partial charge in [-0.1, -0.05) is 0 Å². The number of carbonyl (C=O) groups excluding carboxylic acids is 1. The quantitative estimate of drug-likeness (QED) is 0.617. The Morgan fingerprint density at radius 1 is 1.39 bits per heavy atom. The number of rotatable bonds is 2. The fourth-order valence-electron chi connectivity index (χ4n) is 1.45. The Morgan fingerprint density at radius 2 is 2.11 bits per heavy atom. The number of ether oxygens (including phenoxy) is 1. The fraction of sp³-hybridized carbons (Fsp3) is 0.182. The van der Waals surface area contributed by atoms with E-state index in [0.29, 0.717) is 0 Å². The predicted octanol–water partition coefficient (Wildman–Crippen LogP) is 3.83. The van der Waals surface area contributed by atoms with E-state index in [4.69, 9.17) is 4.42 Å². The van der Waals surface area contributed by atoms with E-state index in [-0.39, 0.29) is 33.2 Å². The number of hydrogen-bond donors (Lipinski definition) is 0. The number of alkyl halides is 3. The topological polar surface area (TPSA) is 39.4 Å². The molecule has 0 N–H and O–H groups in total. The Bertz CT molecular complexity index is 589. The molecule has 0 saturated carbocycles. The Labute approximate surface area is 104 Å². The molecule has 18 heavy (non-hydrogen) atoms. The molecule has 0 atom stereocenters. The van der Waals surface area contributed by atoms with Gasteiger partial charge in [0.25, 0.3) is 0 Å². The SMILES string of the molecule is COC(=O)c1ccc2occ(SC(F)(F)F)c2c1. The molecule has 0 aliphatic carbocycles. The summed E-state index contributed by atoms with van der Waals surface area (Å²) in [5.41, 5.74) is -3.94. The summed E-state index contributed by atoms with van der Waals surface area (Å²) in [4.78, 5) is 11.2. The average Bonchev–Trinajstić information content (AvgIpc) is 2.68. The van der Waals surface area contributed by atoms with Gasteiger partial charge in [-0.2, -0.15) is 13.2 Å². The van der Waals surface area contributed by atoms with Crippen LogP contribution in [0.2, 0.25) is 0 Å². The zero-order valence-corrected chi connectivity index (χ0v) is 9.89. The summed E-state index contributed by atoms with van der Waals surface area (Å²) in [6.07, 6.45) is 1.02. The van der Waals surface area contributed by atoms with Crippen molar-refractivity contribution in [2.75, 3.05) is 7.11 Å². The highest BCUT2D eigenvalue weighted by molar-refractivity contribution is 8.00. The molecule has 3 nitrogen and oxygen atoms in total. The molecule has 0 unspecified atom stereocenters. The van der Waals surface area contributed by atoms with Crippen molar-refractivity contribution >= 4 is 28.7 Å². The summed E-state index contributed by atoms with van der Waals surface area (Å²) in [6, 6.07) is 4.18. The lowest BCUT2D eigenvalue weighted by Gasteiger charge is -2.03. The Hall–Kier alpha value is -1.63. The maximum Gasteiger partial charge on any atom is 0.446 e. The van der Waals surface area contributed by atoms with Crippen molar-refractivity contribution in [3.63, 3.8) is 0 Å². The number of thioether (sulfide) groups is 1. The summed E-state index contributed by atoms with van der Waals surface area (Å²) >= 11 is -0.281. The summed E-state index contributed by atoms with van der Waals surface area (Å²) in [5.74, 6) is -0.610. The van der Waals surface area contributed by atoms with E-state index in [9.17, 15) is 18.0 Å². The monoisotopic (exact) mass is 276 g/mol. The number of esters is 1. The van der Waals surface area contributed by atoms with Crippen LogP contribution in [0.1, 0.15) is 10.4 Å². The van der Waals surface area contributed by atoms with Gasteiger partial charge in [-0.15, -0.1) is 0 Å². The van der Waals surface area contributed by atoms with Gasteiger partial charge in [0.05, 0.1) is 17.6 Å². The lowest BCUT2D eigenvalue weighted by atomic mass is 10.1. The van der Waals surface area contributed by atoms with Crippen LogP contribution in [0.4, 0.5) is 13.2 Å². The highest BCUT2D eigenvalue weighted by Crippen LogP contribution is 2.41. The summed E-state index contributed by atoms with van der Waals surface area (Å²) in [7, 11) is 1.20. The zero-order chi connectivity index (χ0) is 13.3. The van der Waals surface area contributed by atoms with Crippen molar-refractivity contribution in [2.24, 2.45) is 0 Å². The molecule has 0 fully saturated rings. The molecule has 0 bridgehead atoms. The Kier molecular flexibility index (Phi) is 3.25. The van der Waals surface area contributed by atoms with E-state index in [1.54, 1.807) is 0 Å². The van der Waals surface area contributed by atoms with Crippen LogP contribution in [-0.2, 0) is 4.74 Å². The summed E-state index contributed by atoms with van der Waals surface area (Å²) < 4.78 is 46.4. The highest BCUT2D eigenvalue weighted by Gasteiger charge is 2.31. The van der Waals surface area contributed by atoms with Crippen LogP contribution in [0.5, 0.6) is 0 Å². The first-order valence-electron chi connectivity index (χ1n) is 4.76. The Morgan fingerprint density at radius 3 is 2.72 bits per heavy atom. The smallest absolute Gasteiger partial charge is 0.446 e. The fourth-order valence-corrected chi connectivity index (χ4v) is 2.07. The van der Waals surface area contributed by atoms with Gasteiger partial charge in [0.15, 0.2) is 0 Å². The van der Waals surface area contributed by atoms with Crippen LogP contribution in [0.15, 0.2) is 33.8 Å². The molecule has 1 heterocycles. The van der Waals surface area contributed by atoms with Crippen molar-refractivity contribution in [2.45, 2.75) is 10.4 Å². The molecular weight excluding hydrogens is 269 g/mol. The van der Waals surface area contributed by atoms with E-state index in [2.05, 4.69) is 4.74 Å². The van der Waals surface area contributed by atoms with Gasteiger partial charge in [0.1, 0.15) is 11.8 Å². The lowest BCUT2D eigenvalue weighted by molar-refractivity contribution is -0.0328. The number of methoxy groups -OCH3 is 1. The van der Waals surface area contributed by atoms with E-state index in [1.807, 2.05) is 0 Å². The molecule has 7 heteroatoms. The second kappa shape index (κ2) is 4.56. The minimum atomic E-state index is -4.40. The van der Waals surface area contributed by atoms with Crippen molar-refractivity contribution in [3.05, 3.63) is 30.0 Å². The van der Waals surface area contributed by atoms with Crippen molar-refractivity contribution in [1.82, 2.24) is 0 Å². The van der Waals surface area contributed by atoms with Crippen molar-refractivity contribution in [1.29, 1.82) is 0 Å². The third-order valence-electron chi connectivity index (χ3n) is 2.18. The van der Waals surface area contributed by atoms with Crippen molar-refractivity contribution in [3.8, 4) is 0 Å². The van der Waals surface area contributed by atoms with E-state index >= 15 is 0 Å². The molecule has 0 amide bonds. The molecule has 2 rings (SSSR count). The van der Waals surface area contributed by atoms with Crippen LogP contribution in [0.3, 0.4) is 0 Å². The molecule has 0 spiro atoms. The number of hydrogen-bond acceptors (Lipinski definition) is 4. The highest BCUT2D eigenvalue weighted by atomic mass is 32.2. The first-order valence-corrected chi connectivity index (χ1v) is 5.57. The number of carbonyl (C=O) groups is 1. The van der Waals surface area contributed by atoms with Crippen LogP contribution >= 0.6 is 11.8 Å². The van der Waals surface area contributed by atoms with Crippen LogP contribution in [-0.4, -0.2) is 18.6 Å². The molecule has 2 aromatic rings. The second-order valence-electron chi connectivity index (χ2n) is 3.35. The number of fused-ring (bicyclic) bond motifs is 1. The molecule has 0 radical (unpaired) electrons. The van der Waals surface area contributed by atoms with Gasteiger partial charge in [0, 0.05) is 5.39 Å². The average molecular weight is 276 g/mol. The van der Waals surface area contributed by atoms with E-state index in [1.165, 1.54) is 25.3 Å². The maximum atomic E-state index is 12.3. The van der Waals surface area contributed by atoms with Crippen LogP contribution < -0.4 is 0 Å². The maximum absolute atomic E-state index is 12.3.